The summed E-state index contributed by atoms with van der Waals surface area (Å²) in [6.07, 6.45) is 3.66. The highest BCUT2D eigenvalue weighted by Crippen LogP contribution is 2.17. The van der Waals surface area contributed by atoms with Crippen molar-refractivity contribution >= 4 is 5.91 Å². The van der Waals surface area contributed by atoms with Crippen molar-refractivity contribution < 1.29 is 4.79 Å². The summed E-state index contributed by atoms with van der Waals surface area (Å²) in [5.74, 6) is 0.162. The minimum Gasteiger partial charge on any atom is -0.336 e. The Balaban J connectivity index is 1.60. The average Bonchev–Trinajstić information content (AvgIpc) is 2.58. The third-order valence-electron chi connectivity index (χ3n) is 4.65. The maximum atomic E-state index is 12.7. The standard InChI is InChI=1S/C19H23N3O/c1-15-4-3-5-18(16(15)2)19(23)22-12-10-21(11-13-22)14-17-6-8-20-9-7-17/h3-9H,10-14H2,1-2H3. The van der Waals surface area contributed by atoms with Gasteiger partial charge in [-0.15, -0.1) is 0 Å². The van der Waals surface area contributed by atoms with Crippen molar-refractivity contribution in [3.63, 3.8) is 0 Å². The van der Waals surface area contributed by atoms with Crippen molar-refractivity contribution in [2.45, 2.75) is 20.4 Å². The monoisotopic (exact) mass is 309 g/mol. The second-order valence-corrected chi connectivity index (χ2v) is 6.17. The Morgan fingerprint density at radius 2 is 1.74 bits per heavy atom. The summed E-state index contributed by atoms with van der Waals surface area (Å²) in [6, 6.07) is 10.1. The van der Waals surface area contributed by atoms with Crippen molar-refractivity contribution in [1.29, 1.82) is 0 Å². The van der Waals surface area contributed by atoms with Gasteiger partial charge in [-0.1, -0.05) is 12.1 Å². The molecule has 0 aliphatic carbocycles. The van der Waals surface area contributed by atoms with Crippen LogP contribution in [0, 0.1) is 13.8 Å². The molecule has 1 aliphatic heterocycles. The molecule has 0 atom stereocenters. The molecule has 1 fully saturated rings. The Morgan fingerprint density at radius 1 is 1.04 bits per heavy atom. The number of hydrogen-bond acceptors (Lipinski definition) is 3. The third-order valence-corrected chi connectivity index (χ3v) is 4.65. The van der Waals surface area contributed by atoms with E-state index in [1.165, 1.54) is 11.1 Å². The molecular formula is C19H23N3O. The van der Waals surface area contributed by atoms with Gasteiger partial charge in [-0.05, 0) is 48.7 Å². The number of amides is 1. The lowest BCUT2D eigenvalue weighted by atomic mass is 10.0. The molecule has 1 aromatic heterocycles. The van der Waals surface area contributed by atoms with E-state index < -0.39 is 0 Å². The third kappa shape index (κ3) is 3.59. The summed E-state index contributed by atoms with van der Waals surface area (Å²) in [7, 11) is 0. The molecule has 4 nitrogen and oxygen atoms in total. The SMILES string of the molecule is Cc1cccc(C(=O)N2CCN(Cc3ccncc3)CC2)c1C. The van der Waals surface area contributed by atoms with Crippen LogP contribution in [0.5, 0.6) is 0 Å². The van der Waals surface area contributed by atoms with Crippen molar-refractivity contribution in [3.05, 3.63) is 65.0 Å². The molecule has 0 bridgehead atoms. The molecule has 0 unspecified atom stereocenters. The minimum absolute atomic E-state index is 0.162. The molecule has 0 N–H and O–H groups in total. The van der Waals surface area contributed by atoms with E-state index in [2.05, 4.69) is 22.9 Å². The first-order valence-corrected chi connectivity index (χ1v) is 8.12. The maximum Gasteiger partial charge on any atom is 0.254 e. The minimum atomic E-state index is 0.162. The first-order chi connectivity index (χ1) is 11.1. The molecular weight excluding hydrogens is 286 g/mol. The fraction of sp³-hybridized carbons (Fsp3) is 0.368. The van der Waals surface area contributed by atoms with Crippen LogP contribution in [0.3, 0.4) is 0 Å². The predicted octanol–water partition coefficient (Wildman–Crippen LogP) is 2.66. The number of nitrogens with zero attached hydrogens (tertiary/aromatic N) is 3. The van der Waals surface area contributed by atoms with Gasteiger partial charge in [0, 0.05) is 50.7 Å². The quantitative estimate of drug-likeness (QED) is 0.874. The number of rotatable bonds is 3. The normalized spacial score (nSPS) is 15.7. The van der Waals surface area contributed by atoms with Gasteiger partial charge in [-0.3, -0.25) is 14.7 Å². The van der Waals surface area contributed by atoms with Gasteiger partial charge >= 0.3 is 0 Å². The smallest absolute Gasteiger partial charge is 0.254 e. The largest absolute Gasteiger partial charge is 0.336 e. The second kappa shape index (κ2) is 6.92. The molecule has 0 spiro atoms. The number of aryl methyl sites for hydroxylation is 1. The van der Waals surface area contributed by atoms with E-state index in [4.69, 9.17) is 0 Å². The Hall–Kier alpha value is -2.20. The summed E-state index contributed by atoms with van der Waals surface area (Å²) >= 11 is 0. The molecule has 1 amide bonds. The summed E-state index contributed by atoms with van der Waals surface area (Å²) in [6.45, 7) is 8.42. The van der Waals surface area contributed by atoms with Crippen LogP contribution in [0.25, 0.3) is 0 Å². The molecule has 1 aliphatic rings. The first kappa shape index (κ1) is 15.7. The Bertz CT molecular complexity index is 676. The Labute approximate surface area is 137 Å². The zero-order chi connectivity index (χ0) is 16.2. The second-order valence-electron chi connectivity index (χ2n) is 6.17. The van der Waals surface area contributed by atoms with E-state index in [1.54, 1.807) is 0 Å². The van der Waals surface area contributed by atoms with Crippen LogP contribution >= 0.6 is 0 Å². The average molecular weight is 309 g/mol. The molecule has 0 saturated carbocycles. The van der Waals surface area contributed by atoms with E-state index in [-0.39, 0.29) is 5.91 Å². The van der Waals surface area contributed by atoms with Gasteiger partial charge in [0.1, 0.15) is 0 Å². The Morgan fingerprint density at radius 3 is 2.43 bits per heavy atom. The van der Waals surface area contributed by atoms with E-state index in [1.807, 2.05) is 48.5 Å². The van der Waals surface area contributed by atoms with Gasteiger partial charge in [0.25, 0.3) is 5.91 Å². The first-order valence-electron chi connectivity index (χ1n) is 8.12. The summed E-state index contributed by atoms with van der Waals surface area (Å²) in [5.41, 5.74) is 4.38. The molecule has 4 heteroatoms. The number of hydrogen-bond donors (Lipinski definition) is 0. The molecule has 2 heterocycles. The maximum absolute atomic E-state index is 12.7. The molecule has 120 valence electrons. The van der Waals surface area contributed by atoms with Gasteiger partial charge in [0.2, 0.25) is 0 Å². The van der Waals surface area contributed by atoms with Crippen molar-refractivity contribution in [2.75, 3.05) is 26.2 Å². The summed E-state index contributed by atoms with van der Waals surface area (Å²) < 4.78 is 0. The number of carbonyl (C=O) groups is 1. The number of piperazine rings is 1. The van der Waals surface area contributed by atoms with E-state index >= 15 is 0 Å². The van der Waals surface area contributed by atoms with Crippen LogP contribution in [0.2, 0.25) is 0 Å². The molecule has 3 rings (SSSR count). The lowest BCUT2D eigenvalue weighted by molar-refractivity contribution is 0.0627. The van der Waals surface area contributed by atoms with Crippen LogP contribution in [0.15, 0.2) is 42.7 Å². The highest BCUT2D eigenvalue weighted by molar-refractivity contribution is 5.96. The zero-order valence-corrected chi connectivity index (χ0v) is 13.8. The molecule has 23 heavy (non-hydrogen) atoms. The van der Waals surface area contributed by atoms with Gasteiger partial charge in [-0.25, -0.2) is 0 Å². The highest BCUT2D eigenvalue weighted by Gasteiger charge is 2.23. The van der Waals surface area contributed by atoms with Crippen LogP contribution in [-0.4, -0.2) is 46.9 Å². The topological polar surface area (TPSA) is 36.4 Å². The lowest BCUT2D eigenvalue weighted by Crippen LogP contribution is -2.48. The van der Waals surface area contributed by atoms with Crippen LogP contribution in [0.4, 0.5) is 0 Å². The van der Waals surface area contributed by atoms with Gasteiger partial charge in [-0.2, -0.15) is 0 Å². The van der Waals surface area contributed by atoms with E-state index in [0.717, 1.165) is 43.9 Å². The van der Waals surface area contributed by atoms with Gasteiger partial charge in [0.15, 0.2) is 0 Å². The van der Waals surface area contributed by atoms with Gasteiger partial charge in [0.05, 0.1) is 0 Å². The van der Waals surface area contributed by atoms with Crippen molar-refractivity contribution in [2.24, 2.45) is 0 Å². The fourth-order valence-electron chi connectivity index (χ4n) is 3.01. The lowest BCUT2D eigenvalue weighted by Gasteiger charge is -2.35. The zero-order valence-electron chi connectivity index (χ0n) is 13.8. The molecule has 0 radical (unpaired) electrons. The number of pyridine rings is 1. The number of benzene rings is 1. The molecule has 2 aromatic rings. The van der Waals surface area contributed by atoms with Crippen molar-refractivity contribution in [1.82, 2.24) is 14.8 Å². The summed E-state index contributed by atoms with van der Waals surface area (Å²) in [4.78, 5) is 21.2. The molecule has 1 aromatic carbocycles. The molecule has 1 saturated heterocycles. The number of carbonyl (C=O) groups excluding carboxylic acids is 1. The van der Waals surface area contributed by atoms with Crippen LogP contribution in [0.1, 0.15) is 27.0 Å². The van der Waals surface area contributed by atoms with Gasteiger partial charge < -0.3 is 4.90 Å². The van der Waals surface area contributed by atoms with Crippen molar-refractivity contribution in [3.8, 4) is 0 Å². The predicted molar refractivity (Wildman–Crippen MR) is 91.3 cm³/mol. The van der Waals surface area contributed by atoms with E-state index in [9.17, 15) is 4.79 Å². The highest BCUT2D eigenvalue weighted by atomic mass is 16.2. The van der Waals surface area contributed by atoms with Crippen LogP contribution < -0.4 is 0 Å². The van der Waals surface area contributed by atoms with E-state index in [0.29, 0.717) is 0 Å². The Kier molecular flexibility index (Phi) is 4.72. The van der Waals surface area contributed by atoms with Crippen LogP contribution in [-0.2, 0) is 6.54 Å². The number of aromatic nitrogens is 1. The fourth-order valence-corrected chi connectivity index (χ4v) is 3.01. The summed E-state index contributed by atoms with van der Waals surface area (Å²) in [5, 5.41) is 0.